The van der Waals surface area contributed by atoms with Gasteiger partial charge in [-0.15, -0.1) is 0 Å². The monoisotopic (exact) mass is 475 g/mol. The highest BCUT2D eigenvalue weighted by atomic mass is 35.5. The van der Waals surface area contributed by atoms with E-state index in [4.69, 9.17) is 16.3 Å². The lowest BCUT2D eigenvalue weighted by Gasteiger charge is -2.16. The summed E-state index contributed by atoms with van der Waals surface area (Å²) in [6.45, 7) is 7.98. The number of ether oxygens (including phenoxy) is 1. The predicted octanol–water partition coefficient (Wildman–Crippen LogP) is 5.82. The fourth-order valence-electron chi connectivity index (χ4n) is 3.50. The molecule has 0 unspecified atom stereocenters. The van der Waals surface area contributed by atoms with Gasteiger partial charge in [-0.25, -0.2) is 4.98 Å². The number of rotatable bonds is 8. The molecule has 0 amide bonds. The molecule has 2 aromatic carbocycles. The van der Waals surface area contributed by atoms with E-state index in [1.54, 1.807) is 7.11 Å². The van der Waals surface area contributed by atoms with Crippen molar-refractivity contribution in [2.75, 3.05) is 24.8 Å². The van der Waals surface area contributed by atoms with Crippen LogP contribution in [0, 0.1) is 13.8 Å². The Balaban J connectivity index is 1.61. The summed E-state index contributed by atoms with van der Waals surface area (Å²) in [5, 5.41) is 16.8. The number of nitrogens with zero attached hydrogens (tertiary/aromatic N) is 3. The first-order chi connectivity index (χ1) is 16.4. The lowest BCUT2D eigenvalue weighted by atomic mass is 9.98. The molecular formula is C25H26ClN7O. The molecule has 4 rings (SSSR count). The van der Waals surface area contributed by atoms with Gasteiger partial charge >= 0.3 is 0 Å². The number of hydrogen-bond acceptors (Lipinski definition) is 7. The molecule has 4 aromatic rings. The van der Waals surface area contributed by atoms with Gasteiger partial charge in [-0.1, -0.05) is 42.4 Å². The third-order valence-electron chi connectivity index (χ3n) is 5.34. The summed E-state index contributed by atoms with van der Waals surface area (Å²) in [6, 6.07) is 14.1. The van der Waals surface area contributed by atoms with E-state index in [0.29, 0.717) is 28.4 Å². The summed E-state index contributed by atoms with van der Waals surface area (Å²) in [6.07, 6.45) is 1.53. The van der Waals surface area contributed by atoms with Crippen LogP contribution >= 0.6 is 11.6 Å². The van der Waals surface area contributed by atoms with Crippen molar-refractivity contribution < 1.29 is 4.74 Å². The Hall–Kier alpha value is -4.04. The summed E-state index contributed by atoms with van der Waals surface area (Å²) in [7, 11) is 3.49. The molecule has 0 aliphatic heterocycles. The van der Waals surface area contributed by atoms with Crippen LogP contribution in [0.25, 0.3) is 16.8 Å². The normalized spacial score (nSPS) is 10.6. The number of hydrogen-bond donors (Lipinski definition) is 4. The van der Waals surface area contributed by atoms with Gasteiger partial charge in [0.1, 0.15) is 10.8 Å². The van der Waals surface area contributed by atoms with Gasteiger partial charge in [-0.3, -0.25) is 5.10 Å². The first-order valence-electron chi connectivity index (χ1n) is 10.6. The summed E-state index contributed by atoms with van der Waals surface area (Å²) in [4.78, 5) is 8.81. The van der Waals surface area contributed by atoms with Gasteiger partial charge in [0, 0.05) is 24.5 Å². The van der Waals surface area contributed by atoms with Gasteiger partial charge in [0.2, 0.25) is 5.95 Å². The predicted molar refractivity (Wildman–Crippen MR) is 138 cm³/mol. The summed E-state index contributed by atoms with van der Waals surface area (Å²) >= 11 is 6.28. The quantitative estimate of drug-likeness (QED) is 0.254. The number of nitrogens with one attached hydrogen (secondary N) is 4. The first-order valence-corrected chi connectivity index (χ1v) is 11.0. The molecule has 0 fully saturated rings. The Bertz CT molecular complexity index is 1330. The molecule has 174 valence electrons. The van der Waals surface area contributed by atoms with E-state index in [9.17, 15) is 0 Å². The maximum atomic E-state index is 6.28. The molecule has 2 aromatic heterocycles. The van der Waals surface area contributed by atoms with Crippen molar-refractivity contribution in [3.63, 3.8) is 0 Å². The van der Waals surface area contributed by atoms with Crippen molar-refractivity contribution >= 4 is 40.6 Å². The lowest BCUT2D eigenvalue weighted by molar-refractivity contribution is 0.417. The molecule has 0 bridgehead atoms. The SMILES string of the molecule is C=C(NC)c1ccc(-c2cc(OC)c(Nc3ncc(Cl)c(Nc4cc(C)[nH]n4)n3)cc2C)cc1. The molecule has 9 heteroatoms. The third kappa shape index (κ3) is 4.97. The topological polar surface area (TPSA) is 99.8 Å². The zero-order chi connectivity index (χ0) is 24.2. The second-order valence-electron chi connectivity index (χ2n) is 7.75. The molecule has 0 saturated carbocycles. The second kappa shape index (κ2) is 9.84. The number of methoxy groups -OCH3 is 1. The van der Waals surface area contributed by atoms with Gasteiger partial charge in [-0.2, -0.15) is 10.1 Å². The van der Waals surface area contributed by atoms with Crippen LogP contribution in [0.2, 0.25) is 5.02 Å². The number of aromatic nitrogens is 4. The fraction of sp³-hybridized carbons (Fsp3) is 0.160. The van der Waals surface area contributed by atoms with Crippen LogP contribution in [0.3, 0.4) is 0 Å². The highest BCUT2D eigenvalue weighted by Gasteiger charge is 2.13. The third-order valence-corrected chi connectivity index (χ3v) is 5.61. The summed E-state index contributed by atoms with van der Waals surface area (Å²) < 4.78 is 5.67. The first kappa shape index (κ1) is 23.1. The van der Waals surface area contributed by atoms with Gasteiger partial charge in [0.25, 0.3) is 0 Å². The standard InChI is InChI=1S/C25H26ClN7O/c1-14-10-21(22(34-5)12-19(14)18-8-6-17(7-9-18)16(3)27-4)29-25-28-13-20(26)24(31-25)30-23-11-15(2)32-33-23/h6-13,27H,3H2,1-2,4-5H3,(H3,28,29,30,31,32,33). The number of halogens is 1. The second-order valence-corrected chi connectivity index (χ2v) is 8.16. The Kier molecular flexibility index (Phi) is 6.70. The van der Waals surface area contributed by atoms with Crippen molar-refractivity contribution in [2.45, 2.75) is 13.8 Å². The lowest BCUT2D eigenvalue weighted by Crippen LogP contribution is -2.03. The molecule has 8 nitrogen and oxygen atoms in total. The Morgan fingerprint density at radius 1 is 1.09 bits per heavy atom. The number of aryl methyl sites for hydroxylation is 2. The van der Waals surface area contributed by atoms with Crippen LogP contribution in [0.15, 0.2) is 55.2 Å². The number of benzene rings is 2. The van der Waals surface area contributed by atoms with Crippen LogP contribution in [0.4, 0.5) is 23.3 Å². The average Bonchev–Trinajstić information content (AvgIpc) is 3.25. The maximum Gasteiger partial charge on any atom is 0.229 e. The zero-order valence-corrected chi connectivity index (χ0v) is 20.2. The van der Waals surface area contributed by atoms with Crippen LogP contribution in [0.5, 0.6) is 5.75 Å². The average molecular weight is 476 g/mol. The number of H-pyrrole nitrogens is 1. The highest BCUT2D eigenvalue weighted by Crippen LogP contribution is 2.36. The molecule has 0 aliphatic carbocycles. The minimum atomic E-state index is 0.375. The zero-order valence-electron chi connectivity index (χ0n) is 19.5. The van der Waals surface area contributed by atoms with Crippen molar-refractivity contribution in [1.82, 2.24) is 25.5 Å². The van der Waals surface area contributed by atoms with Gasteiger partial charge in [0.05, 0.1) is 19.0 Å². The minimum Gasteiger partial charge on any atom is -0.495 e. The molecule has 0 aliphatic rings. The van der Waals surface area contributed by atoms with E-state index in [-0.39, 0.29) is 0 Å². The molecule has 34 heavy (non-hydrogen) atoms. The molecule has 0 saturated heterocycles. The molecule has 2 heterocycles. The van der Waals surface area contributed by atoms with E-state index >= 15 is 0 Å². The van der Waals surface area contributed by atoms with Gasteiger partial charge in [-0.05, 0) is 48.2 Å². The molecule has 0 spiro atoms. The molecular weight excluding hydrogens is 450 g/mol. The molecule has 0 radical (unpaired) electrons. The number of anilines is 4. The summed E-state index contributed by atoms with van der Waals surface area (Å²) in [5.41, 5.74) is 6.81. The Labute approximate surface area is 203 Å². The Morgan fingerprint density at radius 2 is 1.85 bits per heavy atom. The Morgan fingerprint density at radius 3 is 2.50 bits per heavy atom. The smallest absolute Gasteiger partial charge is 0.229 e. The summed E-state index contributed by atoms with van der Waals surface area (Å²) in [5.74, 6) is 2.10. The van der Waals surface area contributed by atoms with E-state index < -0.39 is 0 Å². The van der Waals surface area contributed by atoms with Gasteiger partial charge in [0.15, 0.2) is 11.6 Å². The van der Waals surface area contributed by atoms with E-state index in [1.807, 2.05) is 44.3 Å². The molecule has 0 atom stereocenters. The maximum absolute atomic E-state index is 6.28. The van der Waals surface area contributed by atoms with Crippen molar-refractivity contribution in [3.05, 3.63) is 77.1 Å². The largest absolute Gasteiger partial charge is 0.495 e. The van der Waals surface area contributed by atoms with E-state index in [0.717, 1.165) is 39.3 Å². The molecule has 4 N–H and O–H groups in total. The van der Waals surface area contributed by atoms with Crippen molar-refractivity contribution in [3.8, 4) is 16.9 Å². The van der Waals surface area contributed by atoms with Crippen molar-refractivity contribution in [2.24, 2.45) is 0 Å². The van der Waals surface area contributed by atoms with Crippen molar-refractivity contribution in [1.29, 1.82) is 0 Å². The van der Waals surface area contributed by atoms with Crippen LogP contribution in [-0.4, -0.2) is 34.3 Å². The van der Waals surface area contributed by atoms with Gasteiger partial charge < -0.3 is 20.7 Å². The highest BCUT2D eigenvalue weighted by molar-refractivity contribution is 6.32. The van der Waals surface area contributed by atoms with E-state index in [2.05, 4.69) is 61.8 Å². The van der Waals surface area contributed by atoms with Crippen LogP contribution in [-0.2, 0) is 0 Å². The minimum absolute atomic E-state index is 0.375. The van der Waals surface area contributed by atoms with Crippen LogP contribution in [0.1, 0.15) is 16.8 Å². The fourth-order valence-corrected chi connectivity index (χ4v) is 3.64. The van der Waals surface area contributed by atoms with Crippen LogP contribution < -0.4 is 20.7 Å². The van der Waals surface area contributed by atoms with E-state index in [1.165, 1.54) is 6.20 Å². The number of aromatic amines is 1.